The molecule has 1 aromatic carbocycles. The Hall–Kier alpha value is -2.37. The lowest BCUT2D eigenvalue weighted by Crippen LogP contribution is -2.27. The molecule has 0 aliphatic rings. The van der Waals surface area contributed by atoms with Crippen molar-refractivity contribution >= 4 is 17.9 Å². The molecule has 0 aliphatic heterocycles. The molecule has 0 spiro atoms. The summed E-state index contributed by atoms with van der Waals surface area (Å²) in [5.41, 5.74) is -0.0597. The van der Waals surface area contributed by atoms with Gasteiger partial charge < -0.3 is 14.6 Å². The number of hydrogen-bond acceptors (Lipinski definition) is 5. The number of carbonyl (C=O) groups is 3. The van der Waals surface area contributed by atoms with Crippen LogP contribution >= 0.6 is 0 Å². The van der Waals surface area contributed by atoms with Crippen LogP contribution in [-0.4, -0.2) is 36.2 Å². The molecule has 0 amide bonds. The van der Waals surface area contributed by atoms with E-state index < -0.39 is 23.8 Å². The molecular weight excluding hydrogens is 264 g/mol. The first kappa shape index (κ1) is 15.7. The molecule has 0 unspecified atom stereocenters. The fourth-order valence-corrected chi connectivity index (χ4v) is 1.74. The van der Waals surface area contributed by atoms with E-state index in [-0.39, 0.29) is 24.3 Å². The second-order valence-corrected chi connectivity index (χ2v) is 3.83. The van der Waals surface area contributed by atoms with Gasteiger partial charge in [-0.25, -0.2) is 4.79 Å². The van der Waals surface area contributed by atoms with Crippen molar-refractivity contribution in [2.45, 2.75) is 19.8 Å². The lowest BCUT2D eigenvalue weighted by Gasteiger charge is -2.16. The normalized spacial score (nSPS) is 10.2. The molecule has 1 aromatic rings. The van der Waals surface area contributed by atoms with Crippen molar-refractivity contribution in [3.63, 3.8) is 0 Å². The Bertz CT molecular complexity index is 490. The molecule has 1 N–H and O–H groups in total. The Morgan fingerprint density at radius 2 is 1.55 bits per heavy atom. The maximum Gasteiger partial charge on any atom is 0.336 e. The van der Waals surface area contributed by atoms with Gasteiger partial charge in [-0.15, -0.1) is 0 Å². The van der Waals surface area contributed by atoms with E-state index in [1.807, 2.05) is 0 Å². The number of carboxylic acids is 1. The average Bonchev–Trinajstić information content (AvgIpc) is 2.40. The van der Waals surface area contributed by atoms with E-state index >= 15 is 0 Å². The first-order chi connectivity index (χ1) is 9.52. The Balaban J connectivity index is 3.26. The van der Waals surface area contributed by atoms with Crippen LogP contribution in [0.25, 0.3) is 0 Å². The summed E-state index contributed by atoms with van der Waals surface area (Å²) >= 11 is 0. The third-order valence-electron chi connectivity index (χ3n) is 2.55. The van der Waals surface area contributed by atoms with Gasteiger partial charge in [0.05, 0.1) is 18.8 Å². The maximum atomic E-state index is 11.9. The Labute approximate surface area is 116 Å². The van der Waals surface area contributed by atoms with Crippen molar-refractivity contribution in [3.8, 4) is 0 Å². The van der Waals surface area contributed by atoms with Gasteiger partial charge >= 0.3 is 17.9 Å². The van der Waals surface area contributed by atoms with E-state index in [4.69, 9.17) is 14.6 Å². The predicted molar refractivity (Wildman–Crippen MR) is 69.4 cm³/mol. The minimum absolute atomic E-state index is 0.0666. The van der Waals surface area contributed by atoms with Crippen LogP contribution in [0.15, 0.2) is 24.3 Å². The number of hydrogen-bond donors (Lipinski definition) is 1. The van der Waals surface area contributed by atoms with Gasteiger partial charge in [-0.1, -0.05) is 18.2 Å². The van der Waals surface area contributed by atoms with E-state index in [1.54, 1.807) is 19.9 Å². The fraction of sp³-hybridized carbons (Fsp3) is 0.357. The molecule has 0 radical (unpaired) electrons. The maximum absolute atomic E-state index is 11.9. The number of ether oxygens (including phenoxy) is 2. The number of carbonyl (C=O) groups excluding carboxylic acids is 2. The van der Waals surface area contributed by atoms with Gasteiger partial charge in [-0.2, -0.15) is 0 Å². The van der Waals surface area contributed by atoms with Crippen molar-refractivity contribution in [1.82, 2.24) is 0 Å². The van der Waals surface area contributed by atoms with E-state index in [0.29, 0.717) is 0 Å². The van der Waals surface area contributed by atoms with Crippen molar-refractivity contribution in [2.75, 3.05) is 13.2 Å². The van der Waals surface area contributed by atoms with Crippen LogP contribution in [-0.2, 0) is 19.1 Å². The second kappa shape index (κ2) is 7.28. The van der Waals surface area contributed by atoms with Gasteiger partial charge in [0, 0.05) is 0 Å². The van der Waals surface area contributed by atoms with Crippen LogP contribution in [0.3, 0.4) is 0 Å². The molecule has 20 heavy (non-hydrogen) atoms. The summed E-state index contributed by atoms with van der Waals surface area (Å²) in [6, 6.07) is 5.79. The molecule has 0 fully saturated rings. The predicted octanol–water partition coefficient (Wildman–Crippen LogP) is 1.59. The highest BCUT2D eigenvalue weighted by atomic mass is 16.6. The van der Waals surface area contributed by atoms with E-state index in [0.717, 1.165) is 0 Å². The highest BCUT2D eigenvalue weighted by Gasteiger charge is 2.34. The molecular formula is C14H16O6. The minimum atomic E-state index is -1.39. The zero-order valence-corrected chi connectivity index (χ0v) is 11.3. The van der Waals surface area contributed by atoms with Crippen LogP contribution in [0.4, 0.5) is 0 Å². The quantitative estimate of drug-likeness (QED) is 0.628. The van der Waals surface area contributed by atoms with Crippen molar-refractivity contribution < 1.29 is 29.0 Å². The number of carboxylic acid groups (broad SMARTS) is 1. The largest absolute Gasteiger partial charge is 0.478 e. The van der Waals surface area contributed by atoms with Gasteiger partial charge in [0.25, 0.3) is 0 Å². The first-order valence-corrected chi connectivity index (χ1v) is 6.18. The summed E-state index contributed by atoms with van der Waals surface area (Å²) in [6.07, 6.45) is 0. The van der Waals surface area contributed by atoms with Gasteiger partial charge in [-0.3, -0.25) is 9.59 Å². The second-order valence-electron chi connectivity index (χ2n) is 3.83. The number of benzene rings is 1. The monoisotopic (exact) mass is 280 g/mol. The lowest BCUT2D eigenvalue weighted by molar-refractivity contribution is -0.156. The fourth-order valence-electron chi connectivity index (χ4n) is 1.74. The summed E-state index contributed by atoms with van der Waals surface area (Å²) < 4.78 is 9.66. The van der Waals surface area contributed by atoms with E-state index in [2.05, 4.69) is 0 Å². The molecule has 108 valence electrons. The van der Waals surface area contributed by atoms with E-state index in [9.17, 15) is 14.4 Å². The molecule has 0 heterocycles. The molecule has 0 bridgehead atoms. The topological polar surface area (TPSA) is 89.9 Å². The summed E-state index contributed by atoms with van der Waals surface area (Å²) in [4.78, 5) is 35.0. The molecule has 0 aliphatic carbocycles. The molecule has 0 saturated heterocycles. The zero-order chi connectivity index (χ0) is 15.1. The number of rotatable bonds is 6. The third kappa shape index (κ3) is 3.57. The van der Waals surface area contributed by atoms with Gasteiger partial charge in [0.1, 0.15) is 0 Å². The van der Waals surface area contributed by atoms with Gasteiger partial charge in [0.2, 0.25) is 0 Å². The highest BCUT2D eigenvalue weighted by molar-refractivity contribution is 6.04. The van der Waals surface area contributed by atoms with E-state index in [1.165, 1.54) is 18.2 Å². The Kier molecular flexibility index (Phi) is 5.71. The van der Waals surface area contributed by atoms with Crippen LogP contribution in [0, 0.1) is 0 Å². The first-order valence-electron chi connectivity index (χ1n) is 6.18. The minimum Gasteiger partial charge on any atom is -0.478 e. The molecule has 0 atom stereocenters. The Morgan fingerprint density at radius 3 is 2.00 bits per heavy atom. The molecule has 6 nitrogen and oxygen atoms in total. The van der Waals surface area contributed by atoms with Gasteiger partial charge in [0.15, 0.2) is 5.92 Å². The Morgan fingerprint density at radius 1 is 1.05 bits per heavy atom. The smallest absolute Gasteiger partial charge is 0.336 e. The summed E-state index contributed by atoms with van der Waals surface area (Å²) in [7, 11) is 0. The van der Waals surface area contributed by atoms with Crippen molar-refractivity contribution in [3.05, 3.63) is 35.4 Å². The number of aromatic carboxylic acids is 1. The molecule has 6 heteroatoms. The SMILES string of the molecule is CCOC(=O)C(C(=O)OCC)c1ccccc1C(=O)O. The number of esters is 2. The van der Waals surface area contributed by atoms with Gasteiger partial charge in [-0.05, 0) is 25.5 Å². The van der Waals surface area contributed by atoms with Crippen LogP contribution < -0.4 is 0 Å². The van der Waals surface area contributed by atoms with Crippen molar-refractivity contribution in [1.29, 1.82) is 0 Å². The molecule has 0 aromatic heterocycles. The van der Waals surface area contributed by atoms with Crippen LogP contribution in [0.5, 0.6) is 0 Å². The third-order valence-corrected chi connectivity index (χ3v) is 2.55. The zero-order valence-electron chi connectivity index (χ0n) is 11.3. The average molecular weight is 280 g/mol. The lowest BCUT2D eigenvalue weighted by atomic mass is 9.94. The standard InChI is InChI=1S/C14H16O6/c1-3-19-13(17)11(14(18)20-4-2)9-7-5-6-8-10(9)12(15)16/h5-8,11H,3-4H2,1-2H3,(H,15,16). The summed E-state index contributed by atoms with van der Waals surface area (Å²) in [5.74, 6) is -4.25. The summed E-state index contributed by atoms with van der Waals surface area (Å²) in [5, 5.41) is 9.13. The van der Waals surface area contributed by atoms with Crippen molar-refractivity contribution in [2.24, 2.45) is 0 Å². The van der Waals surface area contributed by atoms with Crippen LogP contribution in [0.2, 0.25) is 0 Å². The summed E-state index contributed by atoms with van der Waals surface area (Å²) in [6.45, 7) is 3.38. The van der Waals surface area contributed by atoms with Crippen LogP contribution in [0.1, 0.15) is 35.7 Å². The molecule has 0 saturated carbocycles. The highest BCUT2D eigenvalue weighted by Crippen LogP contribution is 2.23. The molecule has 1 rings (SSSR count).